The highest BCUT2D eigenvalue weighted by molar-refractivity contribution is 6.46. The molecule has 1 aromatic carbocycles. The van der Waals surface area contributed by atoms with Crippen LogP contribution in [0.4, 0.5) is 0 Å². The number of halogens is 1. The number of pyridine rings is 1. The Morgan fingerprint density at radius 2 is 1.83 bits per heavy atom. The average Bonchev–Trinajstić information content (AvgIpc) is 3.00. The van der Waals surface area contributed by atoms with Crippen molar-refractivity contribution < 1.29 is 14.7 Å². The Morgan fingerprint density at radius 1 is 1.14 bits per heavy atom. The highest BCUT2D eigenvalue weighted by atomic mass is 35.5. The lowest BCUT2D eigenvalue weighted by molar-refractivity contribution is -0.140. The van der Waals surface area contributed by atoms with Gasteiger partial charge >= 0.3 is 0 Å². The van der Waals surface area contributed by atoms with Crippen molar-refractivity contribution in [2.24, 2.45) is 0 Å². The number of aliphatic hydroxyl groups excluding tert-OH is 1. The van der Waals surface area contributed by atoms with Crippen LogP contribution in [-0.4, -0.2) is 57.8 Å². The highest BCUT2D eigenvalue weighted by Gasteiger charge is 2.46. The molecule has 6 nitrogen and oxygen atoms in total. The van der Waals surface area contributed by atoms with Crippen molar-refractivity contribution >= 4 is 29.1 Å². The van der Waals surface area contributed by atoms with Gasteiger partial charge in [0.25, 0.3) is 11.7 Å². The summed E-state index contributed by atoms with van der Waals surface area (Å²) in [6.07, 6.45) is 1.61. The number of likely N-dealkylation sites (N-methyl/N-ethyl adjacent to an activating group) is 1. The third-order valence-corrected chi connectivity index (χ3v) is 5.43. The minimum absolute atomic E-state index is 0.0515. The van der Waals surface area contributed by atoms with Gasteiger partial charge in [-0.2, -0.15) is 0 Å². The number of aromatic nitrogens is 1. The predicted octanol–water partition coefficient (Wildman–Crippen LogP) is 3.50. The van der Waals surface area contributed by atoms with E-state index >= 15 is 0 Å². The van der Waals surface area contributed by atoms with Crippen molar-refractivity contribution in [3.05, 3.63) is 70.5 Å². The molecule has 3 rings (SSSR count). The molecule has 152 valence electrons. The molecular formula is C22H24ClN3O3. The van der Waals surface area contributed by atoms with Crippen LogP contribution in [-0.2, 0) is 9.59 Å². The number of carbonyl (C=O) groups is 2. The van der Waals surface area contributed by atoms with Crippen LogP contribution >= 0.6 is 11.6 Å². The highest BCUT2D eigenvalue weighted by Crippen LogP contribution is 2.38. The van der Waals surface area contributed by atoms with E-state index in [9.17, 15) is 14.7 Å². The summed E-state index contributed by atoms with van der Waals surface area (Å²) >= 11 is 5.93. The molecule has 1 aromatic heterocycles. The lowest BCUT2D eigenvalue weighted by atomic mass is 9.98. The van der Waals surface area contributed by atoms with E-state index in [4.69, 9.17) is 11.6 Å². The third kappa shape index (κ3) is 4.33. The summed E-state index contributed by atoms with van der Waals surface area (Å²) in [6.45, 7) is 6.79. The molecule has 1 atom stereocenters. The van der Waals surface area contributed by atoms with Gasteiger partial charge in [0.15, 0.2) is 0 Å². The van der Waals surface area contributed by atoms with Gasteiger partial charge < -0.3 is 14.9 Å². The van der Waals surface area contributed by atoms with Crippen LogP contribution in [0.1, 0.15) is 31.1 Å². The molecule has 2 aromatic rings. The fourth-order valence-electron chi connectivity index (χ4n) is 3.51. The van der Waals surface area contributed by atoms with Crippen molar-refractivity contribution in [1.29, 1.82) is 0 Å². The van der Waals surface area contributed by atoms with E-state index in [2.05, 4.69) is 9.88 Å². The Balaban J connectivity index is 2.06. The molecule has 2 heterocycles. The fraction of sp³-hybridized carbons (Fsp3) is 0.318. The molecule has 0 aliphatic carbocycles. The smallest absolute Gasteiger partial charge is 0.295 e. The number of hydrogen-bond donors (Lipinski definition) is 1. The number of hydrogen-bond acceptors (Lipinski definition) is 5. The number of rotatable bonds is 7. The number of Topliss-reactive ketones (excluding diaryl/α,β-unsaturated/α-hetero) is 1. The molecular weight excluding hydrogens is 390 g/mol. The first-order valence-electron chi connectivity index (χ1n) is 9.65. The van der Waals surface area contributed by atoms with Gasteiger partial charge in [0.05, 0.1) is 11.3 Å². The third-order valence-electron chi connectivity index (χ3n) is 5.18. The lowest BCUT2D eigenvalue weighted by Crippen LogP contribution is -2.38. The standard InChI is InChI=1S/C22H24ClN3O3/c1-3-25(4-2)13-14-26-19(17-7-5-6-12-24-17)18(21(28)22(26)29)20(27)15-8-10-16(23)11-9-15/h5-12,19,27H,3-4,13-14H2,1-2H3/b20-18-. The number of nitrogens with zero attached hydrogens (tertiary/aromatic N) is 3. The zero-order valence-corrected chi connectivity index (χ0v) is 17.3. The molecule has 0 bridgehead atoms. The Hall–Kier alpha value is -2.70. The zero-order chi connectivity index (χ0) is 21.0. The number of likely N-dealkylation sites (tertiary alicyclic amines) is 1. The first kappa shape index (κ1) is 21.0. The Kier molecular flexibility index (Phi) is 6.67. The molecule has 1 amide bonds. The van der Waals surface area contributed by atoms with Gasteiger partial charge in [0.1, 0.15) is 11.8 Å². The van der Waals surface area contributed by atoms with E-state index in [1.54, 1.807) is 48.7 Å². The second-order valence-electron chi connectivity index (χ2n) is 6.78. The summed E-state index contributed by atoms with van der Waals surface area (Å²) in [5.41, 5.74) is 1.02. The minimum Gasteiger partial charge on any atom is -0.507 e. The summed E-state index contributed by atoms with van der Waals surface area (Å²) < 4.78 is 0. The molecule has 0 saturated carbocycles. The molecule has 7 heteroatoms. The molecule has 1 N–H and O–H groups in total. The molecule has 1 aliphatic rings. The van der Waals surface area contributed by atoms with Crippen molar-refractivity contribution in [3.8, 4) is 0 Å². The monoisotopic (exact) mass is 413 g/mol. The average molecular weight is 414 g/mol. The summed E-state index contributed by atoms with van der Waals surface area (Å²) in [7, 11) is 0. The largest absolute Gasteiger partial charge is 0.507 e. The van der Waals surface area contributed by atoms with Crippen molar-refractivity contribution in [2.45, 2.75) is 19.9 Å². The molecule has 1 saturated heterocycles. The van der Waals surface area contributed by atoms with Gasteiger partial charge in [0, 0.05) is 29.9 Å². The molecule has 1 unspecified atom stereocenters. The lowest BCUT2D eigenvalue weighted by Gasteiger charge is -2.27. The van der Waals surface area contributed by atoms with Crippen LogP contribution in [0, 0.1) is 0 Å². The van der Waals surface area contributed by atoms with E-state index in [-0.39, 0.29) is 11.3 Å². The van der Waals surface area contributed by atoms with Gasteiger partial charge in [-0.1, -0.05) is 31.5 Å². The van der Waals surface area contributed by atoms with E-state index in [0.717, 1.165) is 13.1 Å². The molecule has 0 radical (unpaired) electrons. The van der Waals surface area contributed by atoms with Crippen LogP contribution in [0.15, 0.2) is 54.2 Å². The first-order chi connectivity index (χ1) is 14.0. The summed E-state index contributed by atoms with van der Waals surface area (Å²) in [5.74, 6) is -1.54. The molecule has 1 fully saturated rings. The van der Waals surface area contributed by atoms with Gasteiger partial charge in [-0.25, -0.2) is 0 Å². The Bertz CT molecular complexity index is 909. The van der Waals surface area contributed by atoms with Crippen LogP contribution in [0.3, 0.4) is 0 Å². The van der Waals surface area contributed by atoms with E-state index < -0.39 is 17.7 Å². The summed E-state index contributed by atoms with van der Waals surface area (Å²) in [6, 6.07) is 11.1. The molecule has 29 heavy (non-hydrogen) atoms. The number of aliphatic hydroxyl groups is 1. The quantitative estimate of drug-likeness (QED) is 0.427. The topological polar surface area (TPSA) is 73.7 Å². The number of ketones is 1. The Morgan fingerprint density at radius 3 is 2.41 bits per heavy atom. The van der Waals surface area contributed by atoms with Crippen molar-refractivity contribution in [3.63, 3.8) is 0 Å². The van der Waals surface area contributed by atoms with E-state index in [1.807, 2.05) is 13.8 Å². The SMILES string of the molecule is CCN(CC)CCN1C(=O)C(=O)/C(=C(\O)c2ccc(Cl)cc2)C1c1ccccn1. The van der Waals surface area contributed by atoms with Gasteiger partial charge in [-0.15, -0.1) is 0 Å². The Labute approximate surface area is 175 Å². The number of carbonyl (C=O) groups excluding carboxylic acids is 2. The maximum Gasteiger partial charge on any atom is 0.295 e. The molecule has 1 aliphatic heterocycles. The van der Waals surface area contributed by atoms with Crippen molar-refractivity contribution in [1.82, 2.24) is 14.8 Å². The van der Waals surface area contributed by atoms with Crippen LogP contribution < -0.4 is 0 Å². The van der Waals surface area contributed by atoms with Gasteiger partial charge in [0.2, 0.25) is 0 Å². The number of amides is 1. The van der Waals surface area contributed by atoms with Crippen LogP contribution in [0.5, 0.6) is 0 Å². The summed E-state index contributed by atoms with van der Waals surface area (Å²) in [4.78, 5) is 33.8. The van der Waals surface area contributed by atoms with Crippen LogP contribution in [0.2, 0.25) is 5.02 Å². The maximum atomic E-state index is 12.9. The zero-order valence-electron chi connectivity index (χ0n) is 16.5. The second-order valence-corrected chi connectivity index (χ2v) is 7.22. The normalized spacial score (nSPS) is 18.6. The molecule has 0 spiro atoms. The second kappa shape index (κ2) is 9.20. The van der Waals surface area contributed by atoms with Gasteiger partial charge in [-0.3, -0.25) is 14.6 Å². The minimum atomic E-state index is -0.734. The van der Waals surface area contributed by atoms with E-state index in [0.29, 0.717) is 29.4 Å². The van der Waals surface area contributed by atoms with Gasteiger partial charge in [-0.05, 0) is 49.5 Å². The fourth-order valence-corrected chi connectivity index (χ4v) is 3.63. The van der Waals surface area contributed by atoms with Crippen LogP contribution in [0.25, 0.3) is 5.76 Å². The summed E-state index contributed by atoms with van der Waals surface area (Å²) in [5, 5.41) is 11.4. The first-order valence-corrected chi connectivity index (χ1v) is 10.0. The predicted molar refractivity (Wildman–Crippen MR) is 112 cm³/mol. The number of benzene rings is 1. The van der Waals surface area contributed by atoms with Crippen molar-refractivity contribution in [2.75, 3.05) is 26.2 Å². The maximum absolute atomic E-state index is 12.9. The van der Waals surface area contributed by atoms with E-state index in [1.165, 1.54) is 4.90 Å².